The number of rotatable bonds is 6. The van der Waals surface area contributed by atoms with Crippen LogP contribution in [0.25, 0.3) is 11.4 Å². The van der Waals surface area contributed by atoms with Gasteiger partial charge in [-0.2, -0.15) is 8.42 Å². The number of nitrogens with zero attached hydrogens (tertiary/aromatic N) is 3. The molecule has 4 rings (SSSR count). The van der Waals surface area contributed by atoms with Gasteiger partial charge in [-0.05, 0) is 50.2 Å². The first kappa shape index (κ1) is 21.3. The molecule has 0 saturated carbocycles. The van der Waals surface area contributed by atoms with Gasteiger partial charge in [0, 0.05) is 22.5 Å². The van der Waals surface area contributed by atoms with Gasteiger partial charge < -0.3 is 4.18 Å². The van der Waals surface area contributed by atoms with Crippen LogP contribution in [0.4, 0.5) is 0 Å². The Morgan fingerprint density at radius 2 is 1.47 bits per heavy atom. The van der Waals surface area contributed by atoms with Gasteiger partial charge in [-0.1, -0.05) is 30.3 Å². The fraction of sp³-hybridized carbons (Fsp3) is 0.0870. The number of carbonyl (C=O) groups excluding carboxylic acids is 1. The average molecular weight is 449 g/mol. The summed E-state index contributed by atoms with van der Waals surface area (Å²) < 4.78 is 32.0. The highest BCUT2D eigenvalue weighted by Crippen LogP contribution is 2.20. The van der Waals surface area contributed by atoms with Crippen LogP contribution in [-0.4, -0.2) is 29.0 Å². The zero-order valence-corrected chi connectivity index (χ0v) is 18.2. The first-order valence-corrected chi connectivity index (χ1v) is 11.1. The molecule has 162 valence electrons. The number of hydrogen-bond acceptors (Lipinski definition) is 6. The number of carbonyl (C=O) groups is 1. The summed E-state index contributed by atoms with van der Waals surface area (Å²) in [6.07, 6.45) is 2.41. The third-order valence-corrected chi connectivity index (χ3v) is 5.96. The molecule has 2 aromatic carbocycles. The number of aryl methyl sites for hydroxylation is 2. The van der Waals surface area contributed by atoms with Crippen molar-refractivity contribution in [2.45, 2.75) is 18.7 Å². The maximum atomic E-state index is 12.6. The highest BCUT2D eigenvalue weighted by molar-refractivity contribution is 7.87. The van der Waals surface area contributed by atoms with Crippen LogP contribution in [0.5, 0.6) is 5.75 Å². The standard InChI is InChI=1S/C23H20N4O4S/c1-16-8-9-17(2)27(16)26-23(28)19-10-12-20(13-11-19)31-32(29,30)21-14-24-22(25-15-21)18-6-4-3-5-7-18/h3-15H,1-2H3,(H,26,28). The second-order valence-corrected chi connectivity index (χ2v) is 8.61. The summed E-state index contributed by atoms with van der Waals surface area (Å²) in [4.78, 5) is 20.5. The van der Waals surface area contributed by atoms with Crippen molar-refractivity contribution in [2.24, 2.45) is 0 Å². The van der Waals surface area contributed by atoms with Crippen molar-refractivity contribution >= 4 is 16.0 Å². The quantitative estimate of drug-likeness (QED) is 0.451. The molecule has 0 saturated heterocycles. The molecular formula is C23H20N4O4S. The van der Waals surface area contributed by atoms with E-state index in [1.807, 2.05) is 56.3 Å². The molecule has 0 fully saturated rings. The van der Waals surface area contributed by atoms with Crippen LogP contribution in [0.1, 0.15) is 21.7 Å². The van der Waals surface area contributed by atoms with E-state index >= 15 is 0 Å². The topological polar surface area (TPSA) is 103 Å². The van der Waals surface area contributed by atoms with Gasteiger partial charge in [0.1, 0.15) is 10.6 Å². The summed E-state index contributed by atoms with van der Waals surface area (Å²) in [6.45, 7) is 3.76. The molecule has 2 heterocycles. The van der Waals surface area contributed by atoms with Crippen LogP contribution < -0.4 is 9.61 Å². The van der Waals surface area contributed by atoms with Gasteiger partial charge in [-0.25, -0.2) is 9.97 Å². The lowest BCUT2D eigenvalue weighted by atomic mass is 10.2. The third-order valence-electron chi connectivity index (χ3n) is 4.76. The Labute approximate surface area is 185 Å². The van der Waals surface area contributed by atoms with Crippen molar-refractivity contribution in [3.8, 4) is 17.1 Å². The van der Waals surface area contributed by atoms with Gasteiger partial charge in [-0.15, -0.1) is 0 Å². The number of benzene rings is 2. The lowest BCUT2D eigenvalue weighted by molar-refractivity contribution is 0.101. The van der Waals surface area contributed by atoms with E-state index in [1.54, 1.807) is 4.68 Å². The first-order valence-electron chi connectivity index (χ1n) is 9.72. The SMILES string of the molecule is Cc1ccc(C)n1NC(=O)c1ccc(OS(=O)(=O)c2cnc(-c3ccccc3)nc2)cc1. The van der Waals surface area contributed by atoms with Crippen molar-refractivity contribution in [1.82, 2.24) is 14.6 Å². The van der Waals surface area contributed by atoms with Gasteiger partial charge in [0.15, 0.2) is 5.82 Å². The summed E-state index contributed by atoms with van der Waals surface area (Å²) in [6, 6.07) is 18.8. The Morgan fingerprint density at radius 3 is 2.06 bits per heavy atom. The zero-order chi connectivity index (χ0) is 22.7. The molecule has 0 radical (unpaired) electrons. The lowest BCUT2D eigenvalue weighted by Gasteiger charge is -2.12. The molecule has 8 nitrogen and oxygen atoms in total. The van der Waals surface area contributed by atoms with E-state index < -0.39 is 10.1 Å². The summed E-state index contributed by atoms with van der Waals surface area (Å²) >= 11 is 0. The van der Waals surface area contributed by atoms with Crippen LogP contribution in [0.15, 0.2) is 84.0 Å². The number of nitrogens with one attached hydrogen (secondary N) is 1. The van der Waals surface area contributed by atoms with Crippen molar-refractivity contribution in [3.63, 3.8) is 0 Å². The maximum absolute atomic E-state index is 12.6. The molecular weight excluding hydrogens is 428 g/mol. The van der Waals surface area contributed by atoms with Crippen molar-refractivity contribution in [2.75, 3.05) is 5.43 Å². The molecule has 0 aliphatic rings. The van der Waals surface area contributed by atoms with Crippen LogP contribution in [0.2, 0.25) is 0 Å². The first-order chi connectivity index (χ1) is 15.3. The normalized spacial score (nSPS) is 11.2. The van der Waals surface area contributed by atoms with Gasteiger partial charge in [0.05, 0.1) is 12.4 Å². The number of amides is 1. The van der Waals surface area contributed by atoms with Gasteiger partial charge in [0.2, 0.25) is 0 Å². The highest BCUT2D eigenvalue weighted by Gasteiger charge is 2.19. The average Bonchev–Trinajstić information content (AvgIpc) is 3.12. The molecule has 9 heteroatoms. The van der Waals surface area contributed by atoms with Crippen LogP contribution in [-0.2, 0) is 10.1 Å². The van der Waals surface area contributed by atoms with E-state index in [4.69, 9.17) is 4.18 Å². The third kappa shape index (κ3) is 4.52. The van der Waals surface area contributed by atoms with E-state index in [0.717, 1.165) is 17.0 Å². The molecule has 0 atom stereocenters. The Balaban J connectivity index is 1.46. The Morgan fingerprint density at radius 1 is 0.875 bits per heavy atom. The summed E-state index contributed by atoms with van der Waals surface area (Å²) in [7, 11) is -4.13. The molecule has 1 N–H and O–H groups in total. The second kappa shape index (κ2) is 8.64. The summed E-state index contributed by atoms with van der Waals surface area (Å²) in [5, 5.41) is 0. The second-order valence-electron chi connectivity index (χ2n) is 7.06. The molecule has 0 unspecified atom stereocenters. The Hall–Kier alpha value is -3.98. The molecule has 0 bridgehead atoms. The Bertz CT molecular complexity index is 1330. The van der Waals surface area contributed by atoms with Gasteiger partial charge >= 0.3 is 10.1 Å². The van der Waals surface area contributed by atoms with Crippen LogP contribution in [0, 0.1) is 13.8 Å². The molecule has 32 heavy (non-hydrogen) atoms. The Kier molecular flexibility index (Phi) is 5.74. The molecule has 4 aromatic rings. The van der Waals surface area contributed by atoms with Gasteiger partial charge in [0.25, 0.3) is 5.91 Å². The molecule has 1 amide bonds. The maximum Gasteiger partial charge on any atom is 0.342 e. The molecule has 0 aliphatic carbocycles. The fourth-order valence-electron chi connectivity index (χ4n) is 3.03. The van der Waals surface area contributed by atoms with E-state index in [2.05, 4.69) is 15.4 Å². The predicted octanol–water partition coefficient (Wildman–Crippen LogP) is 3.71. The molecule has 0 spiro atoms. The molecule has 0 aliphatic heterocycles. The van der Waals surface area contributed by atoms with Crippen molar-refractivity contribution in [1.29, 1.82) is 0 Å². The van der Waals surface area contributed by atoms with Crippen molar-refractivity contribution in [3.05, 3.63) is 96.1 Å². The summed E-state index contributed by atoms with van der Waals surface area (Å²) in [5.41, 5.74) is 5.71. The monoisotopic (exact) mass is 448 g/mol. The fourth-order valence-corrected chi connectivity index (χ4v) is 3.85. The van der Waals surface area contributed by atoms with Crippen molar-refractivity contribution < 1.29 is 17.4 Å². The minimum Gasteiger partial charge on any atom is -0.379 e. The number of hydrogen-bond donors (Lipinski definition) is 1. The zero-order valence-electron chi connectivity index (χ0n) is 17.4. The number of aromatic nitrogens is 3. The summed E-state index contributed by atoms with van der Waals surface area (Å²) in [5.74, 6) is 0.154. The predicted molar refractivity (Wildman–Crippen MR) is 119 cm³/mol. The van der Waals surface area contributed by atoms with Crippen LogP contribution in [0.3, 0.4) is 0 Å². The van der Waals surface area contributed by atoms with E-state index in [1.165, 1.54) is 36.7 Å². The van der Waals surface area contributed by atoms with Crippen LogP contribution >= 0.6 is 0 Å². The minimum absolute atomic E-state index is 0.0713. The van der Waals surface area contributed by atoms with E-state index in [9.17, 15) is 13.2 Å². The largest absolute Gasteiger partial charge is 0.379 e. The van der Waals surface area contributed by atoms with E-state index in [0.29, 0.717) is 11.4 Å². The minimum atomic E-state index is -4.13. The molecule has 2 aromatic heterocycles. The van der Waals surface area contributed by atoms with Gasteiger partial charge in [-0.3, -0.25) is 14.9 Å². The lowest BCUT2D eigenvalue weighted by Crippen LogP contribution is -2.24. The van der Waals surface area contributed by atoms with E-state index in [-0.39, 0.29) is 16.6 Å². The smallest absolute Gasteiger partial charge is 0.342 e. The highest BCUT2D eigenvalue weighted by atomic mass is 32.2.